The summed E-state index contributed by atoms with van der Waals surface area (Å²) >= 11 is 0. The molecule has 114 valence electrons. The maximum absolute atomic E-state index is 12.4. The molecule has 1 aliphatic heterocycles. The third-order valence-corrected chi connectivity index (χ3v) is 4.32. The highest BCUT2D eigenvalue weighted by Gasteiger charge is 2.53. The molecule has 3 rings (SSSR count). The third kappa shape index (κ3) is 2.40. The van der Waals surface area contributed by atoms with Gasteiger partial charge in [0.2, 0.25) is 5.75 Å². The maximum atomic E-state index is 12.4. The SMILES string of the molecule is COc1cc(C(=O)NC2C3CNCC32)cc(OC)c1OC. The Morgan fingerprint density at radius 2 is 1.67 bits per heavy atom. The number of carbonyl (C=O) groups excluding carboxylic acids is 1. The molecule has 1 saturated carbocycles. The fraction of sp³-hybridized carbons (Fsp3) is 0.533. The Balaban J connectivity index is 1.79. The van der Waals surface area contributed by atoms with Crippen LogP contribution in [0.2, 0.25) is 0 Å². The molecule has 21 heavy (non-hydrogen) atoms. The second-order valence-corrected chi connectivity index (χ2v) is 5.40. The molecular formula is C15H20N2O4. The molecule has 2 unspecified atom stereocenters. The minimum absolute atomic E-state index is 0.103. The van der Waals surface area contributed by atoms with Gasteiger partial charge in [-0.3, -0.25) is 4.79 Å². The van der Waals surface area contributed by atoms with E-state index in [1.807, 2.05) is 0 Å². The smallest absolute Gasteiger partial charge is 0.251 e. The molecule has 1 saturated heterocycles. The van der Waals surface area contributed by atoms with Crippen LogP contribution < -0.4 is 24.8 Å². The first-order valence-electron chi connectivity index (χ1n) is 7.01. The monoisotopic (exact) mass is 292 g/mol. The van der Waals surface area contributed by atoms with Gasteiger partial charge in [-0.15, -0.1) is 0 Å². The highest BCUT2D eigenvalue weighted by Crippen LogP contribution is 2.42. The van der Waals surface area contributed by atoms with Crippen molar-refractivity contribution in [2.75, 3.05) is 34.4 Å². The third-order valence-electron chi connectivity index (χ3n) is 4.32. The van der Waals surface area contributed by atoms with Crippen LogP contribution in [0.3, 0.4) is 0 Å². The van der Waals surface area contributed by atoms with Crippen LogP contribution in [0.25, 0.3) is 0 Å². The number of amides is 1. The molecule has 0 aromatic heterocycles. The van der Waals surface area contributed by atoms with Crippen molar-refractivity contribution in [3.8, 4) is 17.2 Å². The van der Waals surface area contributed by atoms with Crippen LogP contribution in [-0.4, -0.2) is 46.4 Å². The van der Waals surface area contributed by atoms with Crippen molar-refractivity contribution < 1.29 is 19.0 Å². The van der Waals surface area contributed by atoms with Gasteiger partial charge in [0.1, 0.15) is 0 Å². The normalized spacial score (nSPS) is 26.0. The van der Waals surface area contributed by atoms with E-state index in [4.69, 9.17) is 14.2 Å². The summed E-state index contributed by atoms with van der Waals surface area (Å²) in [5, 5.41) is 6.39. The molecular weight excluding hydrogens is 272 g/mol. The molecule has 2 N–H and O–H groups in total. The minimum atomic E-state index is -0.103. The number of methoxy groups -OCH3 is 3. The van der Waals surface area contributed by atoms with E-state index in [1.165, 1.54) is 14.2 Å². The van der Waals surface area contributed by atoms with Crippen LogP contribution in [0.15, 0.2) is 12.1 Å². The Labute approximate surface area is 123 Å². The number of fused-ring (bicyclic) bond motifs is 1. The number of rotatable bonds is 5. The molecule has 1 aromatic rings. The van der Waals surface area contributed by atoms with Crippen molar-refractivity contribution in [1.29, 1.82) is 0 Å². The van der Waals surface area contributed by atoms with Crippen LogP contribution in [0.4, 0.5) is 0 Å². The lowest BCUT2D eigenvalue weighted by Crippen LogP contribution is -2.32. The largest absolute Gasteiger partial charge is 0.493 e. The van der Waals surface area contributed by atoms with Gasteiger partial charge in [0, 0.05) is 24.7 Å². The fourth-order valence-corrected chi connectivity index (χ4v) is 3.08. The highest BCUT2D eigenvalue weighted by atomic mass is 16.5. The predicted molar refractivity (Wildman–Crippen MR) is 77.2 cm³/mol. The van der Waals surface area contributed by atoms with Gasteiger partial charge in [-0.05, 0) is 24.0 Å². The summed E-state index contributed by atoms with van der Waals surface area (Å²) in [4.78, 5) is 12.4. The van der Waals surface area contributed by atoms with Gasteiger partial charge in [-0.2, -0.15) is 0 Å². The topological polar surface area (TPSA) is 68.8 Å². The zero-order valence-corrected chi connectivity index (χ0v) is 12.4. The Morgan fingerprint density at radius 1 is 1.10 bits per heavy atom. The molecule has 0 bridgehead atoms. The van der Waals surface area contributed by atoms with E-state index in [0.717, 1.165) is 13.1 Å². The average Bonchev–Trinajstić information content (AvgIpc) is 2.95. The summed E-state index contributed by atoms with van der Waals surface area (Å²) in [6, 6.07) is 3.64. The highest BCUT2D eigenvalue weighted by molar-refractivity contribution is 5.96. The molecule has 6 heteroatoms. The van der Waals surface area contributed by atoms with Crippen LogP contribution in [0, 0.1) is 11.8 Å². The minimum Gasteiger partial charge on any atom is -0.493 e. The van der Waals surface area contributed by atoms with E-state index >= 15 is 0 Å². The van der Waals surface area contributed by atoms with Gasteiger partial charge in [-0.1, -0.05) is 0 Å². The van der Waals surface area contributed by atoms with Crippen molar-refractivity contribution >= 4 is 5.91 Å². The van der Waals surface area contributed by atoms with E-state index < -0.39 is 0 Å². The quantitative estimate of drug-likeness (QED) is 0.834. The summed E-state index contributed by atoms with van der Waals surface area (Å²) in [7, 11) is 4.62. The van der Waals surface area contributed by atoms with Gasteiger partial charge >= 0.3 is 0 Å². The summed E-state index contributed by atoms with van der Waals surface area (Å²) in [5.74, 6) is 2.52. The maximum Gasteiger partial charge on any atom is 0.251 e. The second-order valence-electron chi connectivity index (χ2n) is 5.40. The molecule has 2 atom stereocenters. The van der Waals surface area contributed by atoms with E-state index in [1.54, 1.807) is 19.2 Å². The van der Waals surface area contributed by atoms with Gasteiger partial charge < -0.3 is 24.8 Å². The van der Waals surface area contributed by atoms with E-state index in [9.17, 15) is 4.79 Å². The Morgan fingerprint density at radius 3 is 2.14 bits per heavy atom. The summed E-state index contributed by atoms with van der Waals surface area (Å²) in [6.07, 6.45) is 0. The lowest BCUT2D eigenvalue weighted by Gasteiger charge is -2.14. The van der Waals surface area contributed by atoms with Crippen molar-refractivity contribution in [3.05, 3.63) is 17.7 Å². The molecule has 1 heterocycles. The number of hydrogen-bond donors (Lipinski definition) is 2. The first kappa shape index (κ1) is 14.0. The molecule has 2 fully saturated rings. The van der Waals surface area contributed by atoms with Crippen molar-refractivity contribution in [2.24, 2.45) is 11.8 Å². The van der Waals surface area contributed by atoms with E-state index in [2.05, 4.69) is 10.6 Å². The molecule has 2 aliphatic rings. The van der Waals surface area contributed by atoms with E-state index in [0.29, 0.717) is 34.6 Å². The lowest BCUT2D eigenvalue weighted by atomic mass is 10.1. The molecule has 6 nitrogen and oxygen atoms in total. The first-order valence-corrected chi connectivity index (χ1v) is 7.01. The van der Waals surface area contributed by atoms with Crippen molar-refractivity contribution in [3.63, 3.8) is 0 Å². The van der Waals surface area contributed by atoms with E-state index in [-0.39, 0.29) is 11.9 Å². The Hall–Kier alpha value is -1.95. The number of benzene rings is 1. The molecule has 1 aliphatic carbocycles. The number of nitrogens with one attached hydrogen (secondary N) is 2. The van der Waals surface area contributed by atoms with Crippen molar-refractivity contribution in [1.82, 2.24) is 10.6 Å². The van der Waals surface area contributed by atoms with Gasteiger partial charge in [0.15, 0.2) is 11.5 Å². The summed E-state index contributed by atoms with van der Waals surface area (Å²) in [6.45, 7) is 1.98. The second kappa shape index (κ2) is 5.44. The first-order chi connectivity index (χ1) is 10.2. The molecule has 1 amide bonds. The zero-order chi connectivity index (χ0) is 15.0. The molecule has 1 aromatic carbocycles. The van der Waals surface area contributed by atoms with Gasteiger partial charge in [-0.25, -0.2) is 0 Å². The van der Waals surface area contributed by atoms with Crippen LogP contribution in [0.1, 0.15) is 10.4 Å². The van der Waals surface area contributed by atoms with Crippen LogP contribution >= 0.6 is 0 Å². The van der Waals surface area contributed by atoms with Gasteiger partial charge in [0.25, 0.3) is 5.91 Å². The summed E-state index contributed by atoms with van der Waals surface area (Å²) in [5.41, 5.74) is 0.516. The fourth-order valence-electron chi connectivity index (χ4n) is 3.08. The Kier molecular flexibility index (Phi) is 3.63. The van der Waals surface area contributed by atoms with Gasteiger partial charge in [0.05, 0.1) is 21.3 Å². The van der Waals surface area contributed by atoms with Crippen LogP contribution in [-0.2, 0) is 0 Å². The lowest BCUT2D eigenvalue weighted by molar-refractivity contribution is 0.0945. The standard InChI is InChI=1S/C15H20N2O4/c1-19-11-4-8(5-12(20-2)14(11)21-3)15(18)17-13-9-6-16-7-10(9)13/h4-5,9-10,13,16H,6-7H2,1-3H3,(H,17,18). The number of hydrogen-bond acceptors (Lipinski definition) is 5. The number of ether oxygens (including phenoxy) is 3. The zero-order valence-electron chi connectivity index (χ0n) is 12.4. The Bertz CT molecular complexity index is 526. The predicted octanol–water partition coefficient (Wildman–Crippen LogP) is 0.660. The molecule has 0 spiro atoms. The number of piperidine rings is 1. The van der Waals surface area contributed by atoms with Crippen molar-refractivity contribution in [2.45, 2.75) is 6.04 Å². The summed E-state index contributed by atoms with van der Waals surface area (Å²) < 4.78 is 15.8. The molecule has 0 radical (unpaired) electrons. The number of carbonyl (C=O) groups is 1. The van der Waals surface area contributed by atoms with Crippen LogP contribution in [0.5, 0.6) is 17.2 Å². The average molecular weight is 292 g/mol.